The van der Waals surface area contributed by atoms with Gasteiger partial charge in [0.1, 0.15) is 10.8 Å². The van der Waals surface area contributed by atoms with Gasteiger partial charge in [-0.3, -0.25) is 0 Å². The van der Waals surface area contributed by atoms with Crippen LogP contribution >= 0.6 is 11.8 Å². The smallest absolute Gasteiger partial charge is 0.123 e. The van der Waals surface area contributed by atoms with Crippen LogP contribution in [0.2, 0.25) is 0 Å². The van der Waals surface area contributed by atoms with Gasteiger partial charge in [-0.25, -0.2) is 13.9 Å². The molecule has 0 fully saturated rings. The largest absolute Gasteiger partial charge is 0.246 e. The zero-order valence-electron chi connectivity index (χ0n) is 14.6. The summed E-state index contributed by atoms with van der Waals surface area (Å²) in [6.07, 6.45) is 3.60. The van der Waals surface area contributed by atoms with Crippen LogP contribution in [0.5, 0.6) is 0 Å². The topological polar surface area (TPSA) is 30.2 Å². The van der Waals surface area contributed by atoms with Crippen LogP contribution in [0.25, 0.3) is 16.8 Å². The van der Waals surface area contributed by atoms with Gasteiger partial charge in [-0.2, -0.15) is 5.10 Å². The lowest BCUT2D eigenvalue weighted by atomic mass is 10.0. The maximum absolute atomic E-state index is 13.4. The van der Waals surface area contributed by atoms with Gasteiger partial charge in [0.05, 0.1) is 11.2 Å². The molecule has 0 saturated carbocycles. The van der Waals surface area contributed by atoms with E-state index in [0.29, 0.717) is 5.75 Å². The summed E-state index contributed by atoms with van der Waals surface area (Å²) in [6.45, 7) is 4.21. The Bertz CT molecular complexity index is 1090. The summed E-state index contributed by atoms with van der Waals surface area (Å²) in [7, 11) is 0. The third-order valence-electron chi connectivity index (χ3n) is 4.42. The summed E-state index contributed by atoms with van der Waals surface area (Å²) in [5, 5.41) is 5.58. The highest BCUT2D eigenvalue weighted by atomic mass is 32.2. The molecule has 130 valence electrons. The van der Waals surface area contributed by atoms with E-state index >= 15 is 0 Å². The molecule has 0 amide bonds. The molecular weight excluding hydrogens is 345 g/mol. The van der Waals surface area contributed by atoms with Crippen LogP contribution in [-0.4, -0.2) is 14.6 Å². The number of halogens is 1. The maximum atomic E-state index is 13.4. The Morgan fingerprint density at radius 3 is 2.73 bits per heavy atom. The highest BCUT2D eigenvalue weighted by molar-refractivity contribution is 7.98. The van der Waals surface area contributed by atoms with E-state index in [9.17, 15) is 4.39 Å². The fourth-order valence-corrected chi connectivity index (χ4v) is 3.75. The van der Waals surface area contributed by atoms with Crippen molar-refractivity contribution in [3.8, 4) is 11.3 Å². The molecular formula is C21H18FN3S. The molecule has 0 aliphatic rings. The number of thioether (sulfide) groups is 1. The van der Waals surface area contributed by atoms with Crippen LogP contribution in [0.1, 0.15) is 16.7 Å². The minimum absolute atomic E-state index is 0.212. The van der Waals surface area contributed by atoms with Gasteiger partial charge in [0.2, 0.25) is 0 Å². The molecule has 0 bridgehead atoms. The number of benzene rings is 2. The van der Waals surface area contributed by atoms with E-state index in [1.54, 1.807) is 30.1 Å². The van der Waals surface area contributed by atoms with Crippen molar-refractivity contribution in [3.63, 3.8) is 0 Å². The van der Waals surface area contributed by atoms with E-state index in [-0.39, 0.29) is 5.82 Å². The molecule has 2 aromatic carbocycles. The molecule has 4 aromatic rings. The molecule has 0 aliphatic heterocycles. The van der Waals surface area contributed by atoms with Gasteiger partial charge in [0.25, 0.3) is 0 Å². The lowest BCUT2D eigenvalue weighted by molar-refractivity contribution is 0.626. The Labute approximate surface area is 155 Å². The molecule has 4 rings (SSSR count). The zero-order valence-corrected chi connectivity index (χ0v) is 15.4. The second-order valence-corrected chi connectivity index (χ2v) is 7.27. The van der Waals surface area contributed by atoms with Crippen LogP contribution in [0, 0.1) is 19.7 Å². The quantitative estimate of drug-likeness (QED) is 0.452. The van der Waals surface area contributed by atoms with Crippen molar-refractivity contribution < 1.29 is 4.39 Å². The Kier molecular flexibility index (Phi) is 4.47. The summed E-state index contributed by atoms with van der Waals surface area (Å²) in [4.78, 5) is 4.49. The van der Waals surface area contributed by atoms with Crippen LogP contribution in [0.15, 0.2) is 66.0 Å². The third kappa shape index (κ3) is 3.35. The van der Waals surface area contributed by atoms with Crippen LogP contribution in [0.4, 0.5) is 4.39 Å². The average molecular weight is 363 g/mol. The summed E-state index contributed by atoms with van der Waals surface area (Å²) in [5.41, 5.74) is 6.44. The molecule has 2 heterocycles. The van der Waals surface area contributed by atoms with E-state index in [4.69, 9.17) is 0 Å². The molecule has 0 atom stereocenters. The van der Waals surface area contributed by atoms with E-state index in [0.717, 1.165) is 27.4 Å². The molecule has 3 nitrogen and oxygen atoms in total. The number of rotatable bonds is 4. The van der Waals surface area contributed by atoms with Crippen molar-refractivity contribution in [3.05, 3.63) is 83.4 Å². The molecule has 0 saturated heterocycles. The van der Waals surface area contributed by atoms with Gasteiger partial charge in [-0.1, -0.05) is 36.0 Å². The van der Waals surface area contributed by atoms with Crippen molar-refractivity contribution in [1.82, 2.24) is 14.6 Å². The van der Waals surface area contributed by atoms with E-state index in [2.05, 4.69) is 48.2 Å². The predicted molar refractivity (Wildman–Crippen MR) is 104 cm³/mol. The standard InChI is InChI=1S/C21H18FN3S/c1-14-6-7-17(10-15(14)2)19-12-20-21(23-8-9-25(20)24-19)26-13-16-4-3-5-18(22)11-16/h3-12H,13H2,1-2H3. The first kappa shape index (κ1) is 16.8. The fraction of sp³-hybridized carbons (Fsp3) is 0.143. The molecule has 2 aromatic heterocycles. The zero-order chi connectivity index (χ0) is 18.1. The number of nitrogens with zero attached hydrogens (tertiary/aromatic N) is 3. The van der Waals surface area contributed by atoms with Crippen molar-refractivity contribution >= 4 is 17.3 Å². The summed E-state index contributed by atoms with van der Waals surface area (Å²) < 4.78 is 15.2. The molecule has 0 N–H and O–H groups in total. The normalized spacial score (nSPS) is 11.2. The van der Waals surface area contributed by atoms with Gasteiger partial charge in [0.15, 0.2) is 0 Å². The first-order valence-electron chi connectivity index (χ1n) is 8.39. The Morgan fingerprint density at radius 2 is 1.92 bits per heavy atom. The van der Waals surface area contributed by atoms with Crippen LogP contribution < -0.4 is 0 Å². The predicted octanol–water partition coefficient (Wildman–Crippen LogP) is 5.44. The van der Waals surface area contributed by atoms with E-state index in [1.807, 2.05) is 16.8 Å². The van der Waals surface area contributed by atoms with Crippen molar-refractivity contribution in [2.75, 3.05) is 0 Å². The SMILES string of the molecule is Cc1ccc(-c2cc3c(SCc4cccc(F)c4)nccn3n2)cc1C. The minimum Gasteiger partial charge on any atom is -0.246 e. The number of aromatic nitrogens is 3. The van der Waals surface area contributed by atoms with Gasteiger partial charge >= 0.3 is 0 Å². The summed E-state index contributed by atoms with van der Waals surface area (Å²) in [5.74, 6) is 0.449. The Balaban J connectivity index is 1.66. The summed E-state index contributed by atoms with van der Waals surface area (Å²) in [6, 6.07) is 15.1. The molecule has 26 heavy (non-hydrogen) atoms. The lowest BCUT2D eigenvalue weighted by Gasteiger charge is -2.03. The van der Waals surface area contributed by atoms with Gasteiger partial charge in [-0.05, 0) is 54.8 Å². The van der Waals surface area contributed by atoms with Gasteiger partial charge in [-0.15, -0.1) is 0 Å². The highest BCUT2D eigenvalue weighted by Gasteiger charge is 2.10. The Hall–Kier alpha value is -2.66. The van der Waals surface area contributed by atoms with Gasteiger partial charge < -0.3 is 0 Å². The number of fused-ring (bicyclic) bond motifs is 1. The minimum atomic E-state index is -0.212. The molecule has 0 aliphatic carbocycles. The number of hydrogen-bond donors (Lipinski definition) is 0. The average Bonchev–Trinajstić information content (AvgIpc) is 3.07. The Morgan fingerprint density at radius 1 is 1.04 bits per heavy atom. The fourth-order valence-electron chi connectivity index (χ4n) is 2.83. The van der Waals surface area contributed by atoms with E-state index in [1.165, 1.54) is 17.2 Å². The second-order valence-electron chi connectivity index (χ2n) is 6.31. The van der Waals surface area contributed by atoms with Crippen molar-refractivity contribution in [1.29, 1.82) is 0 Å². The molecule has 0 radical (unpaired) electrons. The first-order chi connectivity index (χ1) is 12.6. The second kappa shape index (κ2) is 6.92. The van der Waals surface area contributed by atoms with Gasteiger partial charge in [0, 0.05) is 23.7 Å². The van der Waals surface area contributed by atoms with Crippen molar-refractivity contribution in [2.45, 2.75) is 24.6 Å². The number of hydrogen-bond acceptors (Lipinski definition) is 3. The lowest BCUT2D eigenvalue weighted by Crippen LogP contribution is -1.92. The van der Waals surface area contributed by atoms with Crippen LogP contribution in [-0.2, 0) is 5.75 Å². The number of aryl methyl sites for hydroxylation is 2. The van der Waals surface area contributed by atoms with Crippen LogP contribution in [0.3, 0.4) is 0 Å². The third-order valence-corrected chi connectivity index (χ3v) is 5.49. The first-order valence-corrected chi connectivity index (χ1v) is 9.38. The molecule has 0 unspecified atom stereocenters. The van der Waals surface area contributed by atoms with Crippen molar-refractivity contribution in [2.24, 2.45) is 0 Å². The highest BCUT2D eigenvalue weighted by Crippen LogP contribution is 2.29. The van der Waals surface area contributed by atoms with E-state index < -0.39 is 0 Å². The maximum Gasteiger partial charge on any atom is 0.123 e. The summed E-state index contributed by atoms with van der Waals surface area (Å²) >= 11 is 1.59. The monoisotopic (exact) mass is 363 g/mol. The molecule has 5 heteroatoms. The molecule has 0 spiro atoms.